The third-order valence-corrected chi connectivity index (χ3v) is 4.15. The summed E-state index contributed by atoms with van der Waals surface area (Å²) < 4.78 is 1.95. The highest BCUT2D eigenvalue weighted by molar-refractivity contribution is 5.95. The van der Waals surface area contributed by atoms with Gasteiger partial charge in [-0.2, -0.15) is 0 Å². The molecule has 2 N–H and O–H groups in total. The summed E-state index contributed by atoms with van der Waals surface area (Å²) in [5, 5.41) is 2.87. The molecule has 2 heterocycles. The van der Waals surface area contributed by atoms with E-state index in [4.69, 9.17) is 0 Å². The summed E-state index contributed by atoms with van der Waals surface area (Å²) in [7, 11) is 1.91. The predicted molar refractivity (Wildman–Crippen MR) is 93.1 cm³/mol. The molecule has 0 aliphatic heterocycles. The van der Waals surface area contributed by atoms with Crippen LogP contribution in [0.5, 0.6) is 0 Å². The highest BCUT2D eigenvalue weighted by Gasteiger charge is 2.20. The van der Waals surface area contributed by atoms with Crippen LogP contribution >= 0.6 is 0 Å². The fourth-order valence-corrected chi connectivity index (χ4v) is 3.02. The molecule has 0 bridgehead atoms. The maximum atomic E-state index is 12.5. The van der Waals surface area contributed by atoms with Gasteiger partial charge in [-0.1, -0.05) is 12.1 Å². The number of aromatic nitrogens is 3. The minimum atomic E-state index is -0.395. The maximum Gasteiger partial charge on any atom is 0.261 e. The molecule has 0 fully saturated rings. The molecule has 0 spiro atoms. The topological polar surface area (TPSA) is 79.8 Å². The van der Waals surface area contributed by atoms with Gasteiger partial charge in [0.2, 0.25) is 0 Å². The van der Waals surface area contributed by atoms with E-state index in [1.54, 1.807) is 19.9 Å². The zero-order chi connectivity index (χ0) is 17.4. The first-order valence-corrected chi connectivity index (χ1v) is 7.81. The molecule has 6 nitrogen and oxygen atoms in total. The van der Waals surface area contributed by atoms with Crippen molar-refractivity contribution in [2.45, 2.75) is 26.8 Å². The normalized spacial score (nSPS) is 12.3. The van der Waals surface area contributed by atoms with E-state index in [1.165, 1.54) is 0 Å². The number of hydrogen-bond donors (Lipinski definition) is 2. The molecule has 1 atom stereocenters. The maximum absolute atomic E-state index is 12.5. The highest BCUT2D eigenvalue weighted by Crippen LogP contribution is 2.19. The molecule has 3 aromatic rings. The van der Waals surface area contributed by atoms with E-state index in [2.05, 4.69) is 15.3 Å². The zero-order valence-electron chi connectivity index (χ0n) is 14.2. The molecule has 0 aliphatic carbocycles. The van der Waals surface area contributed by atoms with Crippen LogP contribution in [0.15, 0.2) is 35.1 Å². The molecule has 0 unspecified atom stereocenters. The number of H-pyrrole nitrogens is 1. The second-order valence-electron chi connectivity index (χ2n) is 6.05. The van der Waals surface area contributed by atoms with Crippen LogP contribution in [-0.2, 0) is 7.05 Å². The Kier molecular flexibility index (Phi) is 3.97. The van der Waals surface area contributed by atoms with Gasteiger partial charge in [-0.05, 0) is 44.5 Å². The Morgan fingerprint density at radius 3 is 2.67 bits per heavy atom. The fourth-order valence-electron chi connectivity index (χ4n) is 3.02. The van der Waals surface area contributed by atoms with Gasteiger partial charge in [-0.3, -0.25) is 9.59 Å². The third-order valence-electron chi connectivity index (χ3n) is 4.15. The van der Waals surface area contributed by atoms with Crippen molar-refractivity contribution in [1.82, 2.24) is 19.9 Å². The minimum Gasteiger partial charge on any atom is -0.342 e. The quantitative estimate of drug-likeness (QED) is 0.776. The standard InChI is InChI=1S/C18H20N4O2/c1-10-9-11(2)19-17(23)15(10)18(24)20-12(3)16-21-13-7-5-6-8-14(13)22(16)4/h5-9,12H,1-4H3,(H,19,23)(H,20,24)/t12-/m1/s1. The van der Waals surface area contributed by atoms with E-state index in [1.807, 2.05) is 42.8 Å². The summed E-state index contributed by atoms with van der Waals surface area (Å²) in [4.78, 5) is 31.9. The van der Waals surface area contributed by atoms with Gasteiger partial charge in [0.1, 0.15) is 11.4 Å². The smallest absolute Gasteiger partial charge is 0.261 e. The first-order chi connectivity index (χ1) is 11.4. The molecule has 0 saturated carbocycles. The molecule has 0 radical (unpaired) electrons. The van der Waals surface area contributed by atoms with Crippen LogP contribution in [0, 0.1) is 13.8 Å². The summed E-state index contributed by atoms with van der Waals surface area (Å²) in [5.74, 6) is 0.346. The molecular weight excluding hydrogens is 304 g/mol. The number of amides is 1. The Morgan fingerprint density at radius 2 is 2.00 bits per heavy atom. The Hall–Kier alpha value is -2.89. The highest BCUT2D eigenvalue weighted by atomic mass is 16.2. The number of carbonyl (C=O) groups is 1. The number of pyridine rings is 1. The van der Waals surface area contributed by atoms with Gasteiger partial charge in [0, 0.05) is 12.7 Å². The average molecular weight is 324 g/mol. The van der Waals surface area contributed by atoms with E-state index in [-0.39, 0.29) is 17.2 Å². The van der Waals surface area contributed by atoms with Crippen molar-refractivity contribution < 1.29 is 4.79 Å². The molecule has 0 saturated heterocycles. The lowest BCUT2D eigenvalue weighted by Crippen LogP contribution is -2.33. The number of aryl methyl sites for hydroxylation is 3. The molecule has 1 aromatic carbocycles. The van der Waals surface area contributed by atoms with Crippen molar-refractivity contribution >= 4 is 16.9 Å². The molecule has 1 amide bonds. The number of para-hydroxylation sites is 2. The Bertz CT molecular complexity index is 984. The lowest BCUT2D eigenvalue weighted by atomic mass is 10.1. The summed E-state index contributed by atoms with van der Waals surface area (Å²) in [6.07, 6.45) is 0. The number of hydrogen-bond acceptors (Lipinski definition) is 3. The van der Waals surface area contributed by atoms with Crippen LogP contribution in [-0.4, -0.2) is 20.4 Å². The Labute approximate surface area is 139 Å². The first kappa shape index (κ1) is 16.0. The van der Waals surface area contributed by atoms with E-state index in [0.717, 1.165) is 22.6 Å². The Morgan fingerprint density at radius 1 is 1.29 bits per heavy atom. The van der Waals surface area contributed by atoms with Crippen molar-refractivity contribution in [3.63, 3.8) is 0 Å². The minimum absolute atomic E-state index is 0.145. The largest absolute Gasteiger partial charge is 0.342 e. The van der Waals surface area contributed by atoms with Gasteiger partial charge in [0.05, 0.1) is 17.1 Å². The molecule has 6 heteroatoms. The van der Waals surface area contributed by atoms with Crippen LogP contribution in [0.1, 0.15) is 40.4 Å². The summed E-state index contributed by atoms with van der Waals surface area (Å²) >= 11 is 0. The SMILES string of the molecule is Cc1cc(C)c(C(=O)N[C@H](C)c2nc3ccccc3n2C)c(=O)[nH]1. The molecule has 3 rings (SSSR count). The predicted octanol–water partition coefficient (Wildman–Crippen LogP) is 2.37. The molecule has 124 valence electrons. The number of rotatable bonds is 3. The number of nitrogens with one attached hydrogen (secondary N) is 2. The van der Waals surface area contributed by atoms with Crippen molar-refractivity contribution in [3.05, 3.63) is 63.3 Å². The number of fused-ring (bicyclic) bond motifs is 1. The lowest BCUT2D eigenvalue weighted by molar-refractivity contribution is 0.0935. The third kappa shape index (κ3) is 2.71. The fraction of sp³-hybridized carbons (Fsp3) is 0.278. The number of carbonyl (C=O) groups excluding carboxylic acids is 1. The molecule has 0 aliphatic rings. The summed E-state index contributed by atoms with van der Waals surface area (Å²) in [5.41, 5.74) is 3.04. The zero-order valence-corrected chi connectivity index (χ0v) is 14.2. The monoisotopic (exact) mass is 324 g/mol. The van der Waals surface area contributed by atoms with Crippen LogP contribution in [0.25, 0.3) is 11.0 Å². The number of benzene rings is 1. The van der Waals surface area contributed by atoms with Gasteiger partial charge < -0.3 is 14.9 Å². The van der Waals surface area contributed by atoms with E-state index < -0.39 is 5.91 Å². The summed E-state index contributed by atoms with van der Waals surface area (Å²) in [6.45, 7) is 5.41. The second-order valence-corrected chi connectivity index (χ2v) is 6.05. The molecule has 2 aromatic heterocycles. The van der Waals surface area contributed by atoms with Crippen molar-refractivity contribution in [3.8, 4) is 0 Å². The van der Waals surface area contributed by atoms with Gasteiger partial charge >= 0.3 is 0 Å². The Balaban J connectivity index is 1.92. The average Bonchev–Trinajstić information content (AvgIpc) is 2.84. The van der Waals surface area contributed by atoms with Crippen LogP contribution in [0.4, 0.5) is 0 Å². The van der Waals surface area contributed by atoms with E-state index in [9.17, 15) is 9.59 Å². The van der Waals surface area contributed by atoms with Crippen molar-refractivity contribution in [1.29, 1.82) is 0 Å². The van der Waals surface area contributed by atoms with Gasteiger partial charge in [-0.15, -0.1) is 0 Å². The second kappa shape index (κ2) is 5.96. The molecule has 24 heavy (non-hydrogen) atoms. The lowest BCUT2D eigenvalue weighted by Gasteiger charge is -2.14. The van der Waals surface area contributed by atoms with Gasteiger partial charge in [-0.25, -0.2) is 4.98 Å². The number of aromatic amines is 1. The van der Waals surface area contributed by atoms with Gasteiger partial charge in [0.25, 0.3) is 11.5 Å². The van der Waals surface area contributed by atoms with Crippen molar-refractivity contribution in [2.75, 3.05) is 0 Å². The first-order valence-electron chi connectivity index (χ1n) is 7.81. The summed E-state index contributed by atoms with van der Waals surface area (Å²) in [6, 6.07) is 9.26. The van der Waals surface area contributed by atoms with Crippen molar-refractivity contribution in [2.24, 2.45) is 7.05 Å². The number of imidazole rings is 1. The van der Waals surface area contributed by atoms with Gasteiger partial charge in [0.15, 0.2) is 0 Å². The van der Waals surface area contributed by atoms with Crippen LogP contribution in [0.3, 0.4) is 0 Å². The van der Waals surface area contributed by atoms with Crippen LogP contribution in [0.2, 0.25) is 0 Å². The number of nitrogens with zero attached hydrogens (tertiary/aromatic N) is 2. The van der Waals surface area contributed by atoms with E-state index in [0.29, 0.717) is 5.56 Å². The molecular formula is C18H20N4O2. The van der Waals surface area contributed by atoms with E-state index >= 15 is 0 Å². The van der Waals surface area contributed by atoms with Crippen LogP contribution < -0.4 is 10.9 Å².